The van der Waals surface area contributed by atoms with E-state index in [9.17, 15) is 43.9 Å². The molecule has 0 saturated heterocycles. The largest absolute Gasteiger partial charge is 2.00 e. The second-order valence-corrected chi connectivity index (χ2v) is 14.8. The molecule has 69 heavy (non-hydrogen) atoms. The topological polar surface area (TPSA) is 54.0 Å². The van der Waals surface area contributed by atoms with Crippen LogP contribution in [0.2, 0.25) is 0 Å². The molecule has 9 rings (SSSR count). The van der Waals surface area contributed by atoms with Crippen LogP contribution < -0.4 is 15.3 Å². The summed E-state index contributed by atoms with van der Waals surface area (Å²) in [4.78, 5) is 15.9. The Morgan fingerprint density at radius 1 is 0.261 bits per heavy atom. The van der Waals surface area contributed by atoms with Gasteiger partial charge in [-0.1, -0.05) is 33.5 Å². The van der Waals surface area contributed by atoms with Crippen molar-refractivity contribution in [1.29, 1.82) is 0 Å². The molecule has 2 aliphatic heterocycles. The molecule has 354 valence electrons. The van der Waals surface area contributed by atoms with Gasteiger partial charge in [-0.2, -0.15) is 0 Å². The van der Waals surface area contributed by atoms with Crippen molar-refractivity contribution in [2.75, 3.05) is 0 Å². The summed E-state index contributed by atoms with van der Waals surface area (Å²) in [6, 6.07) is 2.56. The Morgan fingerprint density at radius 3 is 0.681 bits per heavy atom. The fourth-order valence-corrected chi connectivity index (χ4v) is 7.73. The van der Waals surface area contributed by atoms with Crippen LogP contribution in [0.3, 0.4) is 0 Å². The normalized spacial score (nSPS) is 12.1. The van der Waals surface area contributed by atoms with Crippen molar-refractivity contribution >= 4 is 60.9 Å². The van der Waals surface area contributed by atoms with Crippen molar-refractivity contribution in [3.05, 3.63) is 158 Å². The van der Waals surface area contributed by atoms with Gasteiger partial charge < -0.3 is 9.97 Å². The Hall–Kier alpha value is -6.76. The number of nitrogens with zero attached hydrogens (tertiary/aromatic N) is 4. The van der Waals surface area contributed by atoms with Crippen LogP contribution in [0.25, 0.3) is 90.9 Å². The van der Waals surface area contributed by atoms with E-state index < -0.39 is 205 Å². The summed E-state index contributed by atoms with van der Waals surface area (Å²) in [5.74, 6) is -48.0. The molecule has 7 aromatic rings. The number of fused-ring (bicyclic) bond motifs is 8. The molecule has 0 fully saturated rings. The first kappa shape index (κ1) is 48.7. The van der Waals surface area contributed by atoms with Crippen LogP contribution in [0.1, 0.15) is 22.8 Å². The van der Waals surface area contributed by atoms with E-state index in [2.05, 4.69) is 19.9 Å². The minimum atomic E-state index is -2.71. The van der Waals surface area contributed by atoms with Crippen molar-refractivity contribution in [2.45, 2.75) is 0 Å². The van der Waals surface area contributed by atoms with Gasteiger partial charge >= 0.3 is 20.4 Å². The maximum atomic E-state index is 16.1. The van der Waals surface area contributed by atoms with E-state index in [1.807, 2.05) is 0 Å². The fourth-order valence-electron chi connectivity index (χ4n) is 7.46. The number of hydrogen-bond donors (Lipinski definition) is 0. The van der Waals surface area contributed by atoms with E-state index >= 15 is 39.5 Å². The summed E-state index contributed by atoms with van der Waals surface area (Å²) in [6.07, 6.45) is 2.56. The Kier molecular flexibility index (Phi) is 12.2. The first-order chi connectivity index (χ1) is 32.1. The maximum absolute atomic E-state index is 16.1. The predicted molar refractivity (Wildman–Crippen MR) is 207 cm³/mol. The molecule has 0 spiro atoms. The van der Waals surface area contributed by atoms with Crippen molar-refractivity contribution in [2.24, 2.45) is 0 Å². The van der Waals surface area contributed by atoms with Gasteiger partial charge in [0.05, 0.1) is 45.0 Å². The zero-order valence-corrected chi connectivity index (χ0v) is 35.2. The summed E-state index contributed by atoms with van der Waals surface area (Å²) in [5.41, 5.74) is -20.0. The van der Waals surface area contributed by atoms with Crippen molar-refractivity contribution in [3.8, 4) is 44.5 Å². The Labute approximate surface area is 385 Å². The summed E-state index contributed by atoms with van der Waals surface area (Å²) < 4.78 is 289. The van der Waals surface area contributed by atoms with Crippen LogP contribution in [0.15, 0.2) is 24.3 Å². The van der Waals surface area contributed by atoms with Crippen molar-refractivity contribution in [3.63, 3.8) is 0 Å². The SMILES string of the molecule is Fc1c(F)c(F)c(-c2c3nc(c(-c4c(F)c(F)c(F)c(F)c4F)c4ccc([n-]4)c(-c4c(F)c(F)c(F)c(P)c4F)c4nc(c(-c5c(F)c(F)c(F)c(F)c5F)c5ccc2[n-]5)C=C4)C=C3)c(F)c1F.[Pd+2]. The van der Waals surface area contributed by atoms with E-state index in [0.717, 1.165) is 0 Å². The molecule has 4 nitrogen and oxygen atoms in total. The zero-order chi connectivity index (χ0) is 49.3. The smallest absolute Gasteiger partial charge is 0.657 e. The van der Waals surface area contributed by atoms with Gasteiger partial charge in [0.2, 0.25) is 17.5 Å². The molecule has 4 aromatic carbocycles. The third kappa shape index (κ3) is 7.16. The van der Waals surface area contributed by atoms with E-state index in [4.69, 9.17) is 0 Å². The van der Waals surface area contributed by atoms with Crippen LogP contribution in [-0.4, -0.2) is 9.97 Å². The molecule has 0 N–H and O–H groups in total. The van der Waals surface area contributed by atoms with Gasteiger partial charge in [-0.15, -0.1) is 22.1 Å². The zero-order valence-electron chi connectivity index (χ0n) is 32.5. The second-order valence-electron chi connectivity index (χ2n) is 14.2. The molecule has 25 heteroatoms. The Bertz CT molecular complexity index is 3130. The monoisotopic (exact) mass is 1090 g/mol. The average Bonchev–Trinajstić information content (AvgIpc) is 4.18. The van der Waals surface area contributed by atoms with Crippen molar-refractivity contribution in [1.82, 2.24) is 19.9 Å². The summed E-state index contributed by atoms with van der Waals surface area (Å²) in [6.45, 7) is 0. The number of rotatable bonds is 4. The first-order valence-corrected chi connectivity index (χ1v) is 18.9. The third-order valence-corrected chi connectivity index (χ3v) is 11.0. The van der Waals surface area contributed by atoms with Crippen LogP contribution in [0.4, 0.5) is 83.4 Å². The Balaban J connectivity index is 0.00000642. The standard InChI is InChI=1S/C44H10F19N4P.Pd/c45-25-21(26(46)34(54)40(60)33(25)53)17-9-1-3-11(64-9)18(22-27(47)35(55)41(61)36(56)28(22)48)13-5-7-15(66-13)20(24-31(51)39(59)43(63)44(68)32(24)52)16-8-6-14(67-16)19(12-4-2-10(17)65-12)23-29(49)37(57)42(62)38(58)30(23)50;/h1-8H,68H2;/q-2;+2. The number of hydrogen-bond acceptors (Lipinski definition) is 2. The molecule has 8 bridgehead atoms. The molecule has 0 aliphatic carbocycles. The van der Waals surface area contributed by atoms with Gasteiger partial charge in [0.15, 0.2) is 87.3 Å². The third-order valence-electron chi connectivity index (χ3n) is 10.5. The quantitative estimate of drug-likeness (QED) is 0.0579. The molecule has 3 aromatic heterocycles. The van der Waals surface area contributed by atoms with Crippen molar-refractivity contribution < 1.29 is 104 Å². The summed E-state index contributed by atoms with van der Waals surface area (Å²) in [7, 11) is 1.42. The molecule has 5 heterocycles. The molecular formula is C44H10F19N4PPd. The molecule has 1 atom stereocenters. The number of halogens is 19. The predicted octanol–water partition coefficient (Wildman–Crippen LogP) is 12.7. The van der Waals surface area contributed by atoms with Gasteiger partial charge in [-0.3, -0.25) is 0 Å². The minimum absolute atomic E-state index is 0. The summed E-state index contributed by atoms with van der Waals surface area (Å²) >= 11 is 0. The van der Waals surface area contributed by atoms with Gasteiger partial charge in [0.25, 0.3) is 0 Å². The van der Waals surface area contributed by atoms with Crippen LogP contribution in [0, 0.1) is 111 Å². The molecule has 0 saturated carbocycles. The second kappa shape index (κ2) is 17.3. The molecular weight excluding hydrogens is 1080 g/mol. The van der Waals surface area contributed by atoms with Gasteiger partial charge in [0, 0.05) is 5.30 Å². The number of benzene rings is 4. The number of aromatic nitrogens is 4. The minimum Gasteiger partial charge on any atom is -0.657 e. The van der Waals surface area contributed by atoms with E-state index in [-0.39, 0.29) is 20.4 Å². The first-order valence-electron chi connectivity index (χ1n) is 18.3. The molecule has 0 amide bonds. The van der Waals surface area contributed by atoms with Crippen LogP contribution in [0.5, 0.6) is 0 Å². The van der Waals surface area contributed by atoms with Gasteiger partial charge in [0.1, 0.15) is 5.82 Å². The Morgan fingerprint density at radius 2 is 0.449 bits per heavy atom. The van der Waals surface area contributed by atoms with Gasteiger partial charge in [-0.05, 0) is 46.6 Å². The average molecular weight is 1090 g/mol. The van der Waals surface area contributed by atoms with E-state index in [1.54, 1.807) is 0 Å². The molecule has 0 radical (unpaired) electrons. The summed E-state index contributed by atoms with van der Waals surface area (Å²) in [5, 5.41) is -1.29. The van der Waals surface area contributed by atoms with E-state index in [1.165, 1.54) is 9.24 Å². The maximum Gasteiger partial charge on any atom is 2.00 e. The molecule has 2 aliphatic rings. The van der Waals surface area contributed by atoms with Crippen LogP contribution in [-0.2, 0) is 20.4 Å². The van der Waals surface area contributed by atoms with Gasteiger partial charge in [-0.25, -0.2) is 93.4 Å². The van der Waals surface area contributed by atoms with Crippen LogP contribution >= 0.6 is 9.24 Å². The molecule has 1 unspecified atom stereocenters. The fraction of sp³-hybridized carbons (Fsp3) is 0. The van der Waals surface area contributed by atoms with E-state index in [0.29, 0.717) is 48.6 Å².